The Morgan fingerprint density at radius 2 is 1.90 bits per heavy atom. The van der Waals surface area contributed by atoms with Crippen molar-refractivity contribution in [3.05, 3.63) is 59.7 Å². The summed E-state index contributed by atoms with van der Waals surface area (Å²) in [5, 5.41) is 0. The fourth-order valence-corrected chi connectivity index (χ4v) is 2.81. The highest BCUT2D eigenvalue weighted by molar-refractivity contribution is 6.01. The molecule has 1 unspecified atom stereocenters. The third-order valence-electron chi connectivity index (χ3n) is 4.27. The lowest BCUT2D eigenvalue weighted by atomic mass is 9.74. The highest BCUT2D eigenvalue weighted by Gasteiger charge is 2.49. The number of benzene rings is 1. The molecule has 0 aliphatic heterocycles. The van der Waals surface area contributed by atoms with Crippen LogP contribution in [0, 0.1) is 11.8 Å². The number of halogens is 2. The maximum absolute atomic E-state index is 14.7. The minimum absolute atomic E-state index is 0.0214. The molecular formula is C18H20F2O. The van der Waals surface area contributed by atoms with Crippen molar-refractivity contribution in [2.75, 3.05) is 0 Å². The van der Waals surface area contributed by atoms with E-state index in [2.05, 4.69) is 6.58 Å². The van der Waals surface area contributed by atoms with Gasteiger partial charge in [-0.2, -0.15) is 8.78 Å². The summed E-state index contributed by atoms with van der Waals surface area (Å²) in [7, 11) is 0. The maximum Gasteiger partial charge on any atom is 0.316 e. The quantitative estimate of drug-likeness (QED) is 0.560. The first-order valence-electron chi connectivity index (χ1n) is 7.13. The Morgan fingerprint density at radius 3 is 2.48 bits per heavy atom. The predicted octanol–water partition coefficient (Wildman–Crippen LogP) is 5.05. The zero-order chi connectivity index (χ0) is 15.6. The molecule has 0 aromatic heterocycles. The van der Waals surface area contributed by atoms with E-state index in [4.69, 9.17) is 0 Å². The first-order valence-corrected chi connectivity index (χ1v) is 7.13. The average molecular weight is 290 g/mol. The van der Waals surface area contributed by atoms with Crippen molar-refractivity contribution in [2.45, 2.75) is 32.6 Å². The number of allylic oxidation sites excluding steroid dienone is 3. The summed E-state index contributed by atoms with van der Waals surface area (Å²) in [6.07, 6.45) is 2.83. The summed E-state index contributed by atoms with van der Waals surface area (Å²) >= 11 is 0. The summed E-state index contributed by atoms with van der Waals surface area (Å²) in [5.41, 5.74) is 1.56. The summed E-state index contributed by atoms with van der Waals surface area (Å²) in [6.45, 7) is 7.40. The first kappa shape index (κ1) is 15.6. The van der Waals surface area contributed by atoms with E-state index >= 15 is 0 Å². The third-order valence-corrected chi connectivity index (χ3v) is 4.27. The molecule has 1 aliphatic carbocycles. The molecule has 0 bridgehead atoms. The number of carbonyl (C=O) groups is 1. The van der Waals surface area contributed by atoms with Gasteiger partial charge in [0.1, 0.15) is 0 Å². The number of carbonyl (C=O) groups excluding carboxylic acids is 1. The van der Waals surface area contributed by atoms with Gasteiger partial charge in [0.05, 0.1) is 5.92 Å². The van der Waals surface area contributed by atoms with Crippen LogP contribution < -0.4 is 0 Å². The van der Waals surface area contributed by atoms with Crippen LogP contribution in [0.25, 0.3) is 0 Å². The molecule has 1 aromatic rings. The Bertz CT molecular complexity index is 572. The van der Waals surface area contributed by atoms with Crippen molar-refractivity contribution in [1.82, 2.24) is 0 Å². The molecular weight excluding hydrogens is 270 g/mol. The van der Waals surface area contributed by atoms with E-state index in [0.717, 1.165) is 12.0 Å². The molecule has 0 N–H and O–H groups in total. The second-order valence-corrected chi connectivity index (χ2v) is 5.83. The monoisotopic (exact) mass is 290 g/mol. The molecule has 3 heteroatoms. The first-order chi connectivity index (χ1) is 9.84. The maximum atomic E-state index is 14.7. The van der Waals surface area contributed by atoms with Gasteiger partial charge < -0.3 is 0 Å². The third kappa shape index (κ3) is 3.12. The minimum atomic E-state index is -3.38. The number of hydrogen-bond donors (Lipinski definition) is 0. The Morgan fingerprint density at radius 1 is 1.29 bits per heavy atom. The number of hydrogen-bond acceptors (Lipinski definition) is 1. The highest BCUT2D eigenvalue weighted by atomic mass is 19.3. The van der Waals surface area contributed by atoms with Gasteiger partial charge in [-0.25, -0.2) is 0 Å². The number of ketones is 1. The zero-order valence-corrected chi connectivity index (χ0v) is 12.4. The SMILES string of the molecule is C=C(C)[C@@H]1CC=C(C)C(C(F)(F)C(=O)c2ccccc2)C1. The molecule has 21 heavy (non-hydrogen) atoms. The van der Waals surface area contributed by atoms with E-state index in [9.17, 15) is 13.6 Å². The van der Waals surface area contributed by atoms with Gasteiger partial charge in [-0.05, 0) is 32.6 Å². The number of rotatable bonds is 4. The van der Waals surface area contributed by atoms with Crippen LogP contribution >= 0.6 is 0 Å². The van der Waals surface area contributed by atoms with Crippen LogP contribution in [-0.2, 0) is 0 Å². The Labute approximate surface area is 124 Å². The summed E-state index contributed by atoms with van der Waals surface area (Å²) in [5.74, 6) is -5.49. The molecule has 0 radical (unpaired) electrons. The molecule has 1 aromatic carbocycles. The molecule has 0 amide bonds. The van der Waals surface area contributed by atoms with E-state index in [-0.39, 0.29) is 17.9 Å². The van der Waals surface area contributed by atoms with Crippen molar-refractivity contribution in [3.8, 4) is 0 Å². The summed E-state index contributed by atoms with van der Waals surface area (Å²) < 4.78 is 29.3. The van der Waals surface area contributed by atoms with Crippen LogP contribution in [0.1, 0.15) is 37.0 Å². The smallest absolute Gasteiger partial charge is 0.287 e. The van der Waals surface area contributed by atoms with E-state index < -0.39 is 17.6 Å². The van der Waals surface area contributed by atoms with E-state index in [0.29, 0.717) is 5.57 Å². The second kappa shape index (κ2) is 5.92. The fourth-order valence-electron chi connectivity index (χ4n) is 2.81. The lowest BCUT2D eigenvalue weighted by Gasteiger charge is -2.33. The van der Waals surface area contributed by atoms with Crippen molar-refractivity contribution < 1.29 is 13.6 Å². The predicted molar refractivity (Wildman–Crippen MR) is 80.5 cm³/mol. The van der Waals surface area contributed by atoms with Gasteiger partial charge >= 0.3 is 5.92 Å². The van der Waals surface area contributed by atoms with Crippen molar-refractivity contribution in [1.29, 1.82) is 0 Å². The number of Topliss-reactive ketones (excluding diaryl/α,β-unsaturated/α-hetero) is 1. The van der Waals surface area contributed by atoms with E-state index in [1.807, 2.05) is 13.0 Å². The van der Waals surface area contributed by atoms with Crippen LogP contribution in [0.5, 0.6) is 0 Å². The average Bonchev–Trinajstić information content (AvgIpc) is 2.47. The largest absolute Gasteiger partial charge is 0.316 e. The molecule has 1 nitrogen and oxygen atoms in total. The fraction of sp³-hybridized carbons (Fsp3) is 0.389. The van der Waals surface area contributed by atoms with Gasteiger partial charge in [-0.15, -0.1) is 0 Å². The highest BCUT2D eigenvalue weighted by Crippen LogP contribution is 2.42. The summed E-state index contributed by atoms with van der Waals surface area (Å²) in [6, 6.07) is 7.79. The van der Waals surface area contributed by atoms with Gasteiger partial charge in [-0.3, -0.25) is 4.79 Å². The molecule has 1 aliphatic rings. The molecule has 2 rings (SSSR count). The molecule has 0 fully saturated rings. The van der Waals surface area contributed by atoms with Crippen LogP contribution in [0.4, 0.5) is 8.78 Å². The van der Waals surface area contributed by atoms with Crippen molar-refractivity contribution in [3.63, 3.8) is 0 Å². The Balaban J connectivity index is 2.30. The molecule has 0 heterocycles. The topological polar surface area (TPSA) is 17.1 Å². The molecule has 0 saturated carbocycles. The Kier molecular flexibility index (Phi) is 4.40. The van der Waals surface area contributed by atoms with Gasteiger partial charge in [-0.1, -0.05) is 54.1 Å². The lowest BCUT2D eigenvalue weighted by Crippen LogP contribution is -2.40. The van der Waals surface area contributed by atoms with Crippen LogP contribution in [-0.4, -0.2) is 11.7 Å². The molecule has 2 atom stereocenters. The number of alkyl halides is 2. The minimum Gasteiger partial charge on any atom is -0.287 e. The molecule has 0 saturated heterocycles. The zero-order valence-electron chi connectivity index (χ0n) is 12.4. The van der Waals surface area contributed by atoms with Crippen LogP contribution in [0.2, 0.25) is 0 Å². The lowest BCUT2D eigenvalue weighted by molar-refractivity contribution is -0.0271. The second-order valence-electron chi connectivity index (χ2n) is 5.83. The standard InChI is InChI=1S/C18H20F2O/c1-12(2)15-10-9-13(3)16(11-15)18(19,20)17(21)14-7-5-4-6-8-14/h4-9,15-16H,1,10-11H2,2-3H3/t15-,16?/m1/s1. The van der Waals surface area contributed by atoms with Gasteiger partial charge in [0.15, 0.2) is 0 Å². The molecule has 112 valence electrons. The Hall–Kier alpha value is -1.77. The van der Waals surface area contributed by atoms with Gasteiger partial charge in [0.2, 0.25) is 5.78 Å². The van der Waals surface area contributed by atoms with Gasteiger partial charge in [0, 0.05) is 5.56 Å². The van der Waals surface area contributed by atoms with E-state index in [1.54, 1.807) is 25.1 Å². The van der Waals surface area contributed by atoms with Crippen LogP contribution in [0.3, 0.4) is 0 Å². The van der Waals surface area contributed by atoms with E-state index in [1.165, 1.54) is 12.1 Å². The van der Waals surface area contributed by atoms with Crippen molar-refractivity contribution >= 4 is 5.78 Å². The van der Waals surface area contributed by atoms with Crippen LogP contribution in [0.15, 0.2) is 54.1 Å². The van der Waals surface area contributed by atoms with Gasteiger partial charge in [0.25, 0.3) is 0 Å². The normalized spacial score (nSPS) is 22.6. The molecule has 0 spiro atoms. The van der Waals surface area contributed by atoms with Crippen molar-refractivity contribution in [2.24, 2.45) is 11.8 Å². The summed E-state index contributed by atoms with van der Waals surface area (Å²) in [4.78, 5) is 12.2.